The maximum absolute atomic E-state index is 14.7. The summed E-state index contributed by atoms with van der Waals surface area (Å²) in [5.74, 6) is -0.973. The van der Waals surface area contributed by atoms with Gasteiger partial charge in [-0.1, -0.05) is 35.0 Å². The molecule has 1 unspecified atom stereocenters. The average Bonchev–Trinajstić information content (AvgIpc) is 3.11. The fraction of sp³-hybridized carbons (Fsp3) is 0.227. The Balaban J connectivity index is 1.72. The van der Waals surface area contributed by atoms with Crippen molar-refractivity contribution in [1.82, 2.24) is 4.98 Å². The summed E-state index contributed by atoms with van der Waals surface area (Å²) in [6, 6.07) is 12.3. The number of pyridine rings is 1. The molecule has 0 N–H and O–H groups in total. The third kappa shape index (κ3) is 3.56. The number of ether oxygens (including phenoxy) is 1. The highest BCUT2D eigenvalue weighted by Gasteiger charge is 2.44. The van der Waals surface area contributed by atoms with E-state index in [2.05, 4.69) is 10.1 Å². The molecule has 1 atom stereocenters. The van der Waals surface area contributed by atoms with Gasteiger partial charge >= 0.3 is 5.97 Å². The number of esters is 1. The van der Waals surface area contributed by atoms with Gasteiger partial charge in [0.15, 0.2) is 0 Å². The van der Waals surface area contributed by atoms with Gasteiger partial charge < -0.3 is 9.57 Å². The van der Waals surface area contributed by atoms with E-state index >= 15 is 0 Å². The number of para-hydroxylation sites is 1. The van der Waals surface area contributed by atoms with Crippen LogP contribution in [0.4, 0.5) is 4.39 Å². The molecule has 148 valence electrons. The van der Waals surface area contributed by atoms with Crippen molar-refractivity contribution in [1.29, 1.82) is 0 Å². The molecular weight excluding hydrogens is 395 g/mol. The highest BCUT2D eigenvalue weighted by molar-refractivity contribution is 6.34. The van der Waals surface area contributed by atoms with E-state index in [0.717, 1.165) is 10.9 Å². The molecule has 0 saturated heterocycles. The van der Waals surface area contributed by atoms with E-state index in [-0.39, 0.29) is 18.1 Å². The van der Waals surface area contributed by atoms with Crippen LogP contribution in [0.2, 0.25) is 5.02 Å². The van der Waals surface area contributed by atoms with Gasteiger partial charge in [0.2, 0.25) is 5.60 Å². The summed E-state index contributed by atoms with van der Waals surface area (Å²) in [4.78, 5) is 21.9. The lowest BCUT2D eigenvalue weighted by atomic mass is 9.94. The van der Waals surface area contributed by atoms with Crippen LogP contribution in [0.3, 0.4) is 0 Å². The summed E-state index contributed by atoms with van der Waals surface area (Å²) in [6.07, 6.45) is 1.79. The van der Waals surface area contributed by atoms with Crippen molar-refractivity contribution in [2.75, 3.05) is 6.61 Å². The molecular formula is C22H18ClFN2O3. The first-order valence-electron chi connectivity index (χ1n) is 9.18. The number of rotatable bonds is 4. The maximum atomic E-state index is 14.7. The summed E-state index contributed by atoms with van der Waals surface area (Å²) in [6.45, 7) is 3.56. The van der Waals surface area contributed by atoms with E-state index in [1.807, 2.05) is 30.3 Å². The van der Waals surface area contributed by atoms with Crippen molar-refractivity contribution in [3.63, 3.8) is 0 Å². The molecule has 0 spiro atoms. The van der Waals surface area contributed by atoms with Crippen molar-refractivity contribution in [2.24, 2.45) is 5.16 Å². The number of oxime groups is 1. The highest BCUT2D eigenvalue weighted by Crippen LogP contribution is 2.34. The summed E-state index contributed by atoms with van der Waals surface area (Å²) >= 11 is 6.29. The van der Waals surface area contributed by atoms with E-state index < -0.39 is 17.4 Å². The van der Waals surface area contributed by atoms with E-state index in [9.17, 15) is 9.18 Å². The lowest BCUT2D eigenvalue weighted by Gasteiger charge is -2.18. The van der Waals surface area contributed by atoms with Gasteiger partial charge in [-0.2, -0.15) is 0 Å². The van der Waals surface area contributed by atoms with Crippen LogP contribution in [0.15, 0.2) is 53.8 Å². The lowest BCUT2D eigenvalue weighted by molar-refractivity contribution is -0.166. The molecule has 29 heavy (non-hydrogen) atoms. The summed E-state index contributed by atoms with van der Waals surface area (Å²) in [7, 11) is 0. The number of nitrogens with zero attached hydrogens (tertiary/aromatic N) is 2. The second kappa shape index (κ2) is 7.44. The standard InChI is InChI=1S/C22H18ClFN2O3/c1-3-28-21(27)22(2)11-20(26-29-22)16-9-15(18(24)10-17(16)23)14-8-13-6-4-5-7-19(13)25-12-14/h4-10,12H,3,11H2,1-2H3. The number of halogens is 2. The Labute approximate surface area is 172 Å². The first kappa shape index (κ1) is 19.3. The Hall–Kier alpha value is -2.99. The van der Waals surface area contributed by atoms with Crippen molar-refractivity contribution in [2.45, 2.75) is 25.9 Å². The second-order valence-electron chi connectivity index (χ2n) is 6.99. The molecule has 0 amide bonds. The Kier molecular flexibility index (Phi) is 4.96. The molecule has 0 saturated carbocycles. The molecule has 0 bridgehead atoms. The number of benzene rings is 2. The minimum atomic E-state index is -1.23. The van der Waals surface area contributed by atoms with Gasteiger partial charge in [0.05, 0.1) is 22.9 Å². The molecule has 0 aliphatic carbocycles. The average molecular weight is 413 g/mol. The van der Waals surface area contributed by atoms with Gasteiger partial charge in [-0.3, -0.25) is 4.98 Å². The molecule has 5 nitrogen and oxygen atoms in total. The largest absolute Gasteiger partial charge is 0.463 e. The molecule has 1 aliphatic heterocycles. The SMILES string of the molecule is CCOC(=O)C1(C)CC(c2cc(-c3cnc4ccccc4c3)c(F)cc2Cl)=NO1. The van der Waals surface area contributed by atoms with Crippen LogP contribution < -0.4 is 0 Å². The topological polar surface area (TPSA) is 60.8 Å². The van der Waals surface area contributed by atoms with Crippen LogP contribution in [0.5, 0.6) is 0 Å². The zero-order chi connectivity index (χ0) is 20.6. The van der Waals surface area contributed by atoms with Gasteiger partial charge in [-0.25, -0.2) is 9.18 Å². The Morgan fingerprint density at radius 3 is 2.86 bits per heavy atom. The number of hydrogen-bond acceptors (Lipinski definition) is 5. The van der Waals surface area contributed by atoms with Gasteiger partial charge in [-0.05, 0) is 38.1 Å². The van der Waals surface area contributed by atoms with E-state index in [0.29, 0.717) is 22.4 Å². The van der Waals surface area contributed by atoms with E-state index in [1.165, 1.54) is 6.07 Å². The van der Waals surface area contributed by atoms with Crippen LogP contribution in [0.1, 0.15) is 25.8 Å². The molecule has 1 aliphatic rings. The Morgan fingerprint density at radius 2 is 2.07 bits per heavy atom. The summed E-state index contributed by atoms with van der Waals surface area (Å²) < 4.78 is 19.8. The zero-order valence-electron chi connectivity index (χ0n) is 15.9. The molecule has 2 aromatic carbocycles. The molecule has 2 heterocycles. The number of hydrogen-bond donors (Lipinski definition) is 0. The summed E-state index contributed by atoms with van der Waals surface area (Å²) in [5, 5.41) is 5.12. The maximum Gasteiger partial charge on any atom is 0.353 e. The quantitative estimate of drug-likeness (QED) is 0.556. The van der Waals surface area contributed by atoms with Crippen LogP contribution in [-0.2, 0) is 14.4 Å². The van der Waals surface area contributed by atoms with Crippen molar-refractivity contribution in [3.05, 3.63) is 65.1 Å². The minimum Gasteiger partial charge on any atom is -0.463 e. The zero-order valence-corrected chi connectivity index (χ0v) is 16.7. The Bertz CT molecular complexity index is 1150. The van der Waals surface area contributed by atoms with Crippen molar-refractivity contribution in [3.8, 4) is 11.1 Å². The van der Waals surface area contributed by atoms with Crippen LogP contribution >= 0.6 is 11.6 Å². The van der Waals surface area contributed by atoms with E-state index in [1.54, 1.807) is 26.1 Å². The minimum absolute atomic E-state index is 0.173. The van der Waals surface area contributed by atoms with Gasteiger partial charge in [0, 0.05) is 34.7 Å². The molecule has 0 fully saturated rings. The molecule has 7 heteroatoms. The van der Waals surface area contributed by atoms with Crippen LogP contribution in [0, 0.1) is 5.82 Å². The number of carbonyl (C=O) groups excluding carboxylic acids is 1. The van der Waals surface area contributed by atoms with Crippen molar-refractivity contribution >= 4 is 34.2 Å². The normalized spacial score (nSPS) is 18.4. The third-order valence-corrected chi connectivity index (χ3v) is 5.15. The van der Waals surface area contributed by atoms with Gasteiger partial charge in [0.25, 0.3) is 0 Å². The number of carbonyl (C=O) groups is 1. The predicted octanol–water partition coefficient (Wildman–Crippen LogP) is 5.14. The molecule has 0 radical (unpaired) electrons. The predicted molar refractivity (Wildman–Crippen MR) is 109 cm³/mol. The first-order valence-corrected chi connectivity index (χ1v) is 9.56. The lowest BCUT2D eigenvalue weighted by Crippen LogP contribution is -2.37. The van der Waals surface area contributed by atoms with Gasteiger partial charge in [-0.15, -0.1) is 0 Å². The molecule has 1 aromatic heterocycles. The highest BCUT2D eigenvalue weighted by atomic mass is 35.5. The Morgan fingerprint density at radius 1 is 1.28 bits per heavy atom. The fourth-order valence-electron chi connectivity index (χ4n) is 3.29. The first-order chi connectivity index (χ1) is 13.9. The monoisotopic (exact) mass is 412 g/mol. The molecule has 4 rings (SSSR count). The van der Waals surface area contributed by atoms with Gasteiger partial charge in [0.1, 0.15) is 5.82 Å². The molecule has 3 aromatic rings. The van der Waals surface area contributed by atoms with Crippen molar-refractivity contribution < 1.29 is 18.8 Å². The van der Waals surface area contributed by atoms with E-state index in [4.69, 9.17) is 21.2 Å². The second-order valence-corrected chi connectivity index (χ2v) is 7.39. The third-order valence-electron chi connectivity index (χ3n) is 4.84. The van der Waals surface area contributed by atoms with Crippen LogP contribution in [0.25, 0.3) is 22.0 Å². The number of aromatic nitrogens is 1. The summed E-state index contributed by atoms with van der Waals surface area (Å²) in [5.41, 5.74) is 1.52. The smallest absolute Gasteiger partial charge is 0.353 e. The fourth-order valence-corrected chi connectivity index (χ4v) is 3.55. The number of fused-ring (bicyclic) bond motifs is 1. The van der Waals surface area contributed by atoms with Crippen LogP contribution in [-0.4, -0.2) is 28.9 Å².